The van der Waals surface area contributed by atoms with Gasteiger partial charge >= 0.3 is 5.97 Å². The Hall–Kier alpha value is -2.01. The fourth-order valence-corrected chi connectivity index (χ4v) is 1.53. The van der Waals surface area contributed by atoms with E-state index in [4.69, 9.17) is 16.3 Å². The third kappa shape index (κ3) is 2.81. The van der Waals surface area contributed by atoms with E-state index in [0.717, 1.165) is 0 Å². The van der Waals surface area contributed by atoms with Gasteiger partial charge in [0, 0.05) is 6.20 Å². The first-order chi connectivity index (χ1) is 8.70. The molecule has 0 saturated carbocycles. The van der Waals surface area contributed by atoms with Crippen LogP contribution in [-0.2, 0) is 11.5 Å². The SMILES string of the molecule is COC(=O)c1ccn(COc2ccccc2Cl)n1. The molecule has 0 radical (unpaired) electrons. The van der Waals surface area contributed by atoms with Crippen LogP contribution in [0.1, 0.15) is 10.5 Å². The Kier molecular flexibility index (Phi) is 3.84. The fourth-order valence-electron chi connectivity index (χ4n) is 1.34. The van der Waals surface area contributed by atoms with Crippen molar-refractivity contribution in [2.75, 3.05) is 7.11 Å². The maximum Gasteiger partial charge on any atom is 0.358 e. The highest BCUT2D eigenvalue weighted by atomic mass is 35.5. The number of carbonyl (C=O) groups is 1. The van der Waals surface area contributed by atoms with Crippen molar-refractivity contribution in [2.24, 2.45) is 0 Å². The van der Waals surface area contributed by atoms with E-state index in [9.17, 15) is 4.79 Å². The van der Waals surface area contributed by atoms with E-state index in [1.54, 1.807) is 24.4 Å². The second-order valence-electron chi connectivity index (χ2n) is 3.44. The minimum atomic E-state index is -0.480. The van der Waals surface area contributed by atoms with Gasteiger partial charge in [-0.05, 0) is 18.2 Å². The molecule has 0 bridgehead atoms. The van der Waals surface area contributed by atoms with Crippen LogP contribution in [0.25, 0.3) is 0 Å². The molecule has 18 heavy (non-hydrogen) atoms. The number of carbonyl (C=O) groups excluding carboxylic acids is 1. The molecule has 0 fully saturated rings. The molecule has 0 amide bonds. The average molecular weight is 267 g/mol. The largest absolute Gasteiger partial charge is 0.470 e. The monoisotopic (exact) mass is 266 g/mol. The molecule has 0 aliphatic carbocycles. The van der Waals surface area contributed by atoms with Gasteiger partial charge in [-0.1, -0.05) is 23.7 Å². The zero-order valence-electron chi connectivity index (χ0n) is 9.67. The lowest BCUT2D eigenvalue weighted by Gasteiger charge is -2.07. The van der Waals surface area contributed by atoms with Crippen LogP contribution in [0.4, 0.5) is 0 Å². The van der Waals surface area contributed by atoms with E-state index in [0.29, 0.717) is 10.8 Å². The number of hydrogen-bond acceptors (Lipinski definition) is 4. The van der Waals surface area contributed by atoms with Gasteiger partial charge in [0.2, 0.25) is 0 Å². The van der Waals surface area contributed by atoms with Crippen LogP contribution >= 0.6 is 11.6 Å². The van der Waals surface area contributed by atoms with Crippen molar-refractivity contribution in [3.63, 3.8) is 0 Å². The number of benzene rings is 1. The van der Waals surface area contributed by atoms with Crippen molar-refractivity contribution in [3.8, 4) is 5.75 Å². The maximum absolute atomic E-state index is 11.2. The van der Waals surface area contributed by atoms with Crippen molar-refractivity contribution >= 4 is 17.6 Å². The number of rotatable bonds is 4. The summed E-state index contributed by atoms with van der Waals surface area (Å²) in [5.41, 5.74) is 0.236. The Bertz CT molecular complexity index is 554. The Morgan fingerprint density at radius 3 is 2.89 bits per heavy atom. The second-order valence-corrected chi connectivity index (χ2v) is 3.84. The minimum Gasteiger partial charge on any atom is -0.470 e. The van der Waals surface area contributed by atoms with Gasteiger partial charge < -0.3 is 9.47 Å². The van der Waals surface area contributed by atoms with E-state index in [1.807, 2.05) is 12.1 Å². The average Bonchev–Trinajstić information content (AvgIpc) is 2.86. The number of halogens is 1. The van der Waals surface area contributed by atoms with E-state index in [2.05, 4.69) is 9.84 Å². The predicted molar refractivity (Wildman–Crippen MR) is 65.6 cm³/mol. The Morgan fingerprint density at radius 1 is 1.39 bits per heavy atom. The molecule has 0 aliphatic rings. The van der Waals surface area contributed by atoms with Crippen molar-refractivity contribution in [2.45, 2.75) is 6.73 Å². The van der Waals surface area contributed by atoms with Crippen LogP contribution in [-0.4, -0.2) is 22.9 Å². The molecule has 0 spiro atoms. The Morgan fingerprint density at radius 2 is 2.17 bits per heavy atom. The molecule has 0 unspecified atom stereocenters. The lowest BCUT2D eigenvalue weighted by Crippen LogP contribution is -2.08. The van der Waals surface area contributed by atoms with Gasteiger partial charge in [0.05, 0.1) is 12.1 Å². The van der Waals surface area contributed by atoms with E-state index in [1.165, 1.54) is 11.8 Å². The van der Waals surface area contributed by atoms with E-state index in [-0.39, 0.29) is 12.4 Å². The van der Waals surface area contributed by atoms with Gasteiger partial charge in [0.25, 0.3) is 0 Å². The molecule has 0 atom stereocenters. The smallest absolute Gasteiger partial charge is 0.358 e. The van der Waals surface area contributed by atoms with Crippen LogP contribution in [0.5, 0.6) is 5.75 Å². The third-order valence-electron chi connectivity index (χ3n) is 2.22. The molecular weight excluding hydrogens is 256 g/mol. The molecule has 0 N–H and O–H groups in total. The third-order valence-corrected chi connectivity index (χ3v) is 2.54. The van der Waals surface area contributed by atoms with Gasteiger partial charge in [0.15, 0.2) is 12.4 Å². The summed E-state index contributed by atoms with van der Waals surface area (Å²) in [7, 11) is 1.31. The second kappa shape index (κ2) is 5.55. The minimum absolute atomic E-state index is 0.167. The summed E-state index contributed by atoms with van der Waals surface area (Å²) in [6, 6.07) is 8.69. The molecule has 94 valence electrons. The summed E-state index contributed by atoms with van der Waals surface area (Å²) in [4.78, 5) is 11.2. The number of methoxy groups -OCH3 is 1. The predicted octanol–water partition coefficient (Wildman–Crippen LogP) is 2.36. The highest BCUT2D eigenvalue weighted by Crippen LogP contribution is 2.23. The van der Waals surface area contributed by atoms with E-state index >= 15 is 0 Å². The number of para-hydroxylation sites is 1. The van der Waals surface area contributed by atoms with Crippen LogP contribution in [0.15, 0.2) is 36.5 Å². The number of aromatic nitrogens is 2. The summed E-state index contributed by atoms with van der Waals surface area (Å²) in [6.07, 6.45) is 1.63. The first-order valence-corrected chi connectivity index (χ1v) is 5.57. The lowest BCUT2D eigenvalue weighted by molar-refractivity contribution is 0.0592. The summed E-state index contributed by atoms with van der Waals surface area (Å²) >= 11 is 5.94. The molecule has 1 aromatic heterocycles. The summed E-state index contributed by atoms with van der Waals surface area (Å²) in [6.45, 7) is 0.167. The molecule has 0 saturated heterocycles. The molecule has 6 heteroatoms. The van der Waals surface area contributed by atoms with E-state index < -0.39 is 5.97 Å². The molecule has 1 heterocycles. The summed E-state index contributed by atoms with van der Waals surface area (Å²) in [5.74, 6) is 0.0841. The highest BCUT2D eigenvalue weighted by molar-refractivity contribution is 6.32. The summed E-state index contributed by atoms with van der Waals surface area (Å²) in [5, 5.41) is 4.53. The van der Waals surface area contributed by atoms with Crippen LogP contribution in [0.2, 0.25) is 5.02 Å². The fraction of sp³-hybridized carbons (Fsp3) is 0.167. The molecule has 0 aliphatic heterocycles. The van der Waals surface area contributed by atoms with Crippen LogP contribution in [0.3, 0.4) is 0 Å². The van der Waals surface area contributed by atoms with Crippen molar-refractivity contribution < 1.29 is 14.3 Å². The quantitative estimate of drug-likeness (QED) is 0.797. The molecule has 5 nitrogen and oxygen atoms in total. The number of esters is 1. The lowest BCUT2D eigenvalue weighted by atomic mass is 10.3. The molecule has 2 rings (SSSR count). The topological polar surface area (TPSA) is 53.4 Å². The van der Waals surface area contributed by atoms with Gasteiger partial charge in [0.1, 0.15) is 5.75 Å². The van der Waals surface area contributed by atoms with Crippen molar-refractivity contribution in [1.29, 1.82) is 0 Å². The van der Waals surface area contributed by atoms with Gasteiger partial charge in [-0.3, -0.25) is 0 Å². The Balaban J connectivity index is 2.01. The van der Waals surface area contributed by atoms with Crippen molar-refractivity contribution in [3.05, 3.63) is 47.2 Å². The molecule has 2 aromatic rings. The van der Waals surface area contributed by atoms with Crippen molar-refractivity contribution in [1.82, 2.24) is 9.78 Å². The zero-order chi connectivity index (χ0) is 13.0. The Labute approximate surface area is 109 Å². The maximum atomic E-state index is 11.2. The van der Waals surface area contributed by atoms with Gasteiger partial charge in [-0.25, -0.2) is 9.48 Å². The number of hydrogen-bond donors (Lipinski definition) is 0. The normalized spacial score (nSPS) is 10.1. The van der Waals surface area contributed by atoms with Gasteiger partial charge in [-0.15, -0.1) is 0 Å². The zero-order valence-corrected chi connectivity index (χ0v) is 10.4. The molecule has 1 aromatic carbocycles. The number of ether oxygens (including phenoxy) is 2. The summed E-state index contributed by atoms with van der Waals surface area (Å²) < 4.78 is 11.5. The first kappa shape index (κ1) is 12.4. The van der Waals surface area contributed by atoms with Crippen LogP contribution in [0, 0.1) is 0 Å². The number of nitrogens with zero attached hydrogens (tertiary/aromatic N) is 2. The van der Waals surface area contributed by atoms with Gasteiger partial charge in [-0.2, -0.15) is 5.10 Å². The highest BCUT2D eigenvalue weighted by Gasteiger charge is 2.09. The standard InChI is InChI=1S/C12H11ClN2O3/c1-17-12(16)10-6-7-15(14-10)8-18-11-5-3-2-4-9(11)13/h2-7H,8H2,1H3. The first-order valence-electron chi connectivity index (χ1n) is 5.20. The molecular formula is C12H11ClN2O3. The van der Waals surface area contributed by atoms with Crippen LogP contribution < -0.4 is 4.74 Å².